The van der Waals surface area contributed by atoms with E-state index in [0.717, 1.165) is 0 Å². The predicted molar refractivity (Wildman–Crippen MR) is 43.3 cm³/mol. The molecular formula is C8H5F4NO2. The Balaban J connectivity index is 3.03. The van der Waals surface area contributed by atoms with Crippen molar-refractivity contribution in [3.05, 3.63) is 46.2 Å². The summed E-state index contributed by atoms with van der Waals surface area (Å²) in [4.78, 5) is 8.82. The minimum atomic E-state index is -3.08. The molecule has 2 unspecified atom stereocenters. The van der Waals surface area contributed by atoms with Gasteiger partial charge in [-0.25, -0.2) is 17.6 Å². The third kappa shape index (κ3) is 2.42. The van der Waals surface area contributed by atoms with Crippen LogP contribution in [0.5, 0.6) is 0 Å². The van der Waals surface area contributed by atoms with Crippen molar-refractivity contribution in [3.63, 3.8) is 0 Å². The Morgan fingerprint density at radius 3 is 2.67 bits per heavy atom. The largest absolute Gasteiger partial charge is 0.259 e. The molecule has 1 aliphatic carbocycles. The van der Waals surface area contributed by atoms with Gasteiger partial charge in [-0.15, -0.1) is 0 Å². The summed E-state index contributed by atoms with van der Waals surface area (Å²) in [5.74, 6) is -3.14. The summed E-state index contributed by atoms with van der Waals surface area (Å²) < 4.78 is 51.4. The highest BCUT2D eigenvalue weighted by Crippen LogP contribution is 2.34. The number of hydrogen-bond donors (Lipinski definition) is 0. The summed E-state index contributed by atoms with van der Waals surface area (Å²) in [6.45, 7) is 0. The van der Waals surface area contributed by atoms with E-state index in [0.29, 0.717) is 0 Å². The van der Waals surface area contributed by atoms with Gasteiger partial charge in [0.05, 0.1) is 4.92 Å². The molecule has 1 aliphatic rings. The summed E-state index contributed by atoms with van der Waals surface area (Å²) in [5, 5.41) is 9.86. The maximum Gasteiger partial charge on any atom is 0.234 e. The normalized spacial score (nSPS) is 31.3. The highest BCUT2D eigenvalue weighted by atomic mass is 19.2. The van der Waals surface area contributed by atoms with Gasteiger partial charge in [0, 0.05) is 6.08 Å². The van der Waals surface area contributed by atoms with Gasteiger partial charge in [0.1, 0.15) is 11.7 Å². The molecule has 0 spiro atoms. The summed E-state index contributed by atoms with van der Waals surface area (Å²) in [6.07, 6.45) is -1.93. The number of hydrogen-bond acceptors (Lipinski definition) is 2. The second kappa shape index (κ2) is 3.84. The molecule has 0 amide bonds. The van der Waals surface area contributed by atoms with Crippen LogP contribution in [0.1, 0.15) is 0 Å². The van der Waals surface area contributed by atoms with Crippen molar-refractivity contribution < 1.29 is 22.5 Å². The van der Waals surface area contributed by atoms with E-state index >= 15 is 0 Å². The van der Waals surface area contributed by atoms with Crippen LogP contribution in [-0.4, -0.2) is 16.8 Å². The third-order valence-corrected chi connectivity index (χ3v) is 1.71. The zero-order valence-electron chi connectivity index (χ0n) is 7.16. The molecule has 0 bridgehead atoms. The molecule has 0 heterocycles. The topological polar surface area (TPSA) is 43.1 Å². The Morgan fingerprint density at radius 2 is 2.13 bits per heavy atom. The number of allylic oxidation sites excluding steroid dienone is 5. The molecular weight excluding hydrogens is 218 g/mol. The lowest BCUT2D eigenvalue weighted by Gasteiger charge is -2.19. The van der Waals surface area contributed by atoms with Crippen LogP contribution in [0, 0.1) is 10.1 Å². The van der Waals surface area contributed by atoms with E-state index in [1.807, 2.05) is 0 Å². The standard InChI is InChI=1S/C8H5F4NO2/c9-5-3-7(11)8(12,4-6(5)10)1-2-13(14)15/h1-5H/b2-1+. The first-order chi connectivity index (χ1) is 6.85. The van der Waals surface area contributed by atoms with E-state index in [1.54, 1.807) is 0 Å². The lowest BCUT2D eigenvalue weighted by atomic mass is 9.97. The van der Waals surface area contributed by atoms with Crippen LogP contribution >= 0.6 is 0 Å². The van der Waals surface area contributed by atoms with Crippen molar-refractivity contribution >= 4 is 0 Å². The van der Waals surface area contributed by atoms with Crippen LogP contribution in [0.25, 0.3) is 0 Å². The van der Waals surface area contributed by atoms with Crippen molar-refractivity contribution in [1.82, 2.24) is 0 Å². The monoisotopic (exact) mass is 223 g/mol. The van der Waals surface area contributed by atoms with Gasteiger partial charge in [-0.05, 0) is 12.2 Å². The van der Waals surface area contributed by atoms with Crippen LogP contribution < -0.4 is 0 Å². The summed E-state index contributed by atoms with van der Waals surface area (Å²) in [6, 6.07) is 0. The average Bonchev–Trinajstić information content (AvgIpc) is 2.12. The van der Waals surface area contributed by atoms with Crippen molar-refractivity contribution in [2.45, 2.75) is 11.8 Å². The molecule has 0 aromatic rings. The Bertz CT molecular complexity index is 377. The van der Waals surface area contributed by atoms with E-state index in [1.165, 1.54) is 0 Å². The van der Waals surface area contributed by atoms with Crippen LogP contribution in [0.3, 0.4) is 0 Å². The fourth-order valence-corrected chi connectivity index (χ4v) is 0.982. The highest BCUT2D eigenvalue weighted by molar-refractivity contribution is 5.36. The number of rotatable bonds is 2. The first kappa shape index (κ1) is 11.4. The van der Waals surface area contributed by atoms with Gasteiger partial charge >= 0.3 is 0 Å². The summed E-state index contributed by atoms with van der Waals surface area (Å²) in [7, 11) is 0. The van der Waals surface area contributed by atoms with Gasteiger partial charge in [-0.1, -0.05) is 0 Å². The van der Waals surface area contributed by atoms with Gasteiger partial charge < -0.3 is 0 Å². The minimum Gasteiger partial charge on any atom is -0.259 e. The number of nitrogens with zero attached hydrogens (tertiary/aromatic N) is 1. The fraction of sp³-hybridized carbons (Fsp3) is 0.250. The maximum absolute atomic E-state index is 13.4. The molecule has 0 aliphatic heterocycles. The van der Waals surface area contributed by atoms with Gasteiger partial charge in [-0.3, -0.25) is 10.1 Å². The SMILES string of the molecule is O=[N+]([O-])/C=C/C1(F)C=C(F)C(F)C=C1F. The van der Waals surface area contributed by atoms with Gasteiger partial charge in [0.2, 0.25) is 11.9 Å². The molecule has 0 fully saturated rings. The molecule has 3 nitrogen and oxygen atoms in total. The molecule has 7 heteroatoms. The summed E-state index contributed by atoms with van der Waals surface area (Å²) >= 11 is 0. The highest BCUT2D eigenvalue weighted by Gasteiger charge is 2.37. The minimum absolute atomic E-state index is 0.0208. The third-order valence-electron chi connectivity index (χ3n) is 1.71. The number of alkyl halides is 2. The van der Waals surface area contributed by atoms with E-state index in [2.05, 4.69) is 0 Å². The molecule has 0 aromatic carbocycles. The first-order valence-corrected chi connectivity index (χ1v) is 3.77. The Hall–Kier alpha value is -1.66. The van der Waals surface area contributed by atoms with Crippen molar-refractivity contribution in [2.24, 2.45) is 0 Å². The van der Waals surface area contributed by atoms with Crippen LogP contribution in [-0.2, 0) is 0 Å². The molecule has 0 aromatic heterocycles. The zero-order valence-corrected chi connectivity index (χ0v) is 7.16. The number of nitro groups is 1. The molecule has 0 radical (unpaired) electrons. The van der Waals surface area contributed by atoms with E-state index in [4.69, 9.17) is 0 Å². The lowest BCUT2D eigenvalue weighted by molar-refractivity contribution is -0.403. The van der Waals surface area contributed by atoms with Gasteiger partial charge in [0.15, 0.2) is 6.17 Å². The molecule has 1 rings (SSSR count). The second-order valence-corrected chi connectivity index (χ2v) is 2.81. The smallest absolute Gasteiger partial charge is 0.234 e. The average molecular weight is 223 g/mol. The molecule has 2 atom stereocenters. The molecule has 0 N–H and O–H groups in total. The van der Waals surface area contributed by atoms with Crippen molar-refractivity contribution in [3.8, 4) is 0 Å². The van der Waals surface area contributed by atoms with Gasteiger partial charge in [0.25, 0.3) is 0 Å². The van der Waals surface area contributed by atoms with E-state index < -0.39 is 28.4 Å². The zero-order chi connectivity index (χ0) is 11.6. The van der Waals surface area contributed by atoms with Crippen molar-refractivity contribution in [2.75, 3.05) is 0 Å². The lowest BCUT2D eigenvalue weighted by Crippen LogP contribution is -2.24. The van der Waals surface area contributed by atoms with E-state index in [-0.39, 0.29) is 24.4 Å². The van der Waals surface area contributed by atoms with Crippen LogP contribution in [0.2, 0.25) is 0 Å². The Labute approximate surface area is 81.5 Å². The quantitative estimate of drug-likeness (QED) is 0.410. The molecule has 0 saturated carbocycles. The molecule has 82 valence electrons. The number of halogens is 4. The van der Waals surface area contributed by atoms with Crippen LogP contribution in [0.15, 0.2) is 36.1 Å². The Morgan fingerprint density at radius 1 is 1.53 bits per heavy atom. The molecule has 0 saturated heterocycles. The summed E-state index contributed by atoms with van der Waals surface area (Å²) in [5.41, 5.74) is -3.08. The van der Waals surface area contributed by atoms with Gasteiger partial charge in [-0.2, -0.15) is 0 Å². The van der Waals surface area contributed by atoms with Crippen molar-refractivity contribution in [1.29, 1.82) is 0 Å². The Kier molecular flexibility index (Phi) is 2.92. The maximum atomic E-state index is 13.4. The fourth-order valence-electron chi connectivity index (χ4n) is 0.982. The first-order valence-electron chi connectivity index (χ1n) is 3.77. The second-order valence-electron chi connectivity index (χ2n) is 2.81. The predicted octanol–water partition coefficient (Wildman–Crippen LogP) is 2.54. The van der Waals surface area contributed by atoms with E-state index in [9.17, 15) is 27.7 Å². The van der Waals surface area contributed by atoms with Crippen LogP contribution in [0.4, 0.5) is 17.6 Å². The molecule has 15 heavy (non-hydrogen) atoms.